The number of esters is 1. The maximum Gasteiger partial charge on any atom is 0.343 e. The molecule has 0 heterocycles. The molecule has 3 rings (SSSR count). The number of carbonyl (C=O) groups is 1. The molecule has 2 aromatic carbocycles. The fourth-order valence-corrected chi connectivity index (χ4v) is 5.62. The highest BCUT2D eigenvalue weighted by molar-refractivity contribution is 5.91. The Balaban J connectivity index is 1.34. The Bertz CT molecular complexity index is 1010. The van der Waals surface area contributed by atoms with Gasteiger partial charge in [-0.25, -0.2) is 9.18 Å². The third kappa shape index (κ3) is 10.1. The molecule has 206 valence electrons. The van der Waals surface area contributed by atoms with Crippen molar-refractivity contribution in [1.29, 1.82) is 5.26 Å². The van der Waals surface area contributed by atoms with Crippen molar-refractivity contribution in [3.8, 4) is 17.6 Å². The predicted octanol–water partition coefficient (Wildman–Crippen LogP) is 9.41. The first-order valence-electron chi connectivity index (χ1n) is 14.8. The maximum atomic E-state index is 13.7. The summed E-state index contributed by atoms with van der Waals surface area (Å²) in [4.78, 5) is 12.4. The van der Waals surface area contributed by atoms with Gasteiger partial charge in [0.1, 0.15) is 23.4 Å². The van der Waals surface area contributed by atoms with Gasteiger partial charge in [-0.3, -0.25) is 0 Å². The van der Waals surface area contributed by atoms with E-state index < -0.39 is 11.8 Å². The smallest absolute Gasteiger partial charge is 0.343 e. The molecule has 1 aliphatic carbocycles. The third-order valence-electron chi connectivity index (χ3n) is 7.84. The van der Waals surface area contributed by atoms with Crippen LogP contribution >= 0.6 is 0 Å². The largest absolute Gasteiger partial charge is 0.494 e. The van der Waals surface area contributed by atoms with Crippen LogP contribution in [0.4, 0.5) is 4.39 Å². The zero-order valence-corrected chi connectivity index (χ0v) is 23.1. The van der Waals surface area contributed by atoms with Crippen LogP contribution in [0.1, 0.15) is 119 Å². The van der Waals surface area contributed by atoms with E-state index in [4.69, 9.17) is 14.7 Å². The van der Waals surface area contributed by atoms with Gasteiger partial charge in [-0.1, -0.05) is 90.4 Å². The summed E-state index contributed by atoms with van der Waals surface area (Å²) in [5.74, 6) is 1.22. The highest BCUT2D eigenvalue weighted by Gasteiger charge is 2.24. The highest BCUT2D eigenvalue weighted by Crippen LogP contribution is 2.36. The Kier molecular flexibility index (Phi) is 13.2. The maximum absolute atomic E-state index is 13.7. The van der Waals surface area contributed by atoms with Crippen molar-refractivity contribution >= 4 is 5.97 Å². The number of halogens is 1. The summed E-state index contributed by atoms with van der Waals surface area (Å²) in [6.07, 6.45) is 20.3. The monoisotopic (exact) mass is 521 g/mol. The number of rotatable bonds is 16. The zero-order valence-electron chi connectivity index (χ0n) is 23.1. The second kappa shape index (κ2) is 16.9. The fraction of sp³-hybridized carbons (Fsp3) is 0.576. The van der Waals surface area contributed by atoms with Crippen LogP contribution in [0.15, 0.2) is 42.5 Å². The Labute approximate surface area is 228 Å². The minimum atomic E-state index is -0.714. The van der Waals surface area contributed by atoms with E-state index in [-0.39, 0.29) is 11.3 Å². The first-order valence-corrected chi connectivity index (χ1v) is 14.8. The van der Waals surface area contributed by atoms with E-state index >= 15 is 0 Å². The van der Waals surface area contributed by atoms with Crippen molar-refractivity contribution in [1.82, 2.24) is 0 Å². The van der Waals surface area contributed by atoms with E-state index in [1.165, 1.54) is 102 Å². The highest BCUT2D eigenvalue weighted by atomic mass is 19.1. The molecule has 1 saturated carbocycles. The summed E-state index contributed by atoms with van der Waals surface area (Å²) in [5, 5.41) is 8.81. The number of nitrogens with zero attached hydrogens (tertiary/aromatic N) is 1. The van der Waals surface area contributed by atoms with Crippen LogP contribution in [-0.2, 0) is 0 Å². The Morgan fingerprint density at radius 3 is 2.11 bits per heavy atom. The fourth-order valence-electron chi connectivity index (χ4n) is 5.62. The molecule has 0 spiro atoms. The molecule has 0 N–H and O–H groups in total. The van der Waals surface area contributed by atoms with E-state index in [0.29, 0.717) is 12.2 Å². The number of ether oxygens (including phenoxy) is 2. The lowest BCUT2D eigenvalue weighted by molar-refractivity contribution is 0.0734. The van der Waals surface area contributed by atoms with E-state index in [1.807, 2.05) is 0 Å². The average Bonchev–Trinajstić information content (AvgIpc) is 2.93. The predicted molar refractivity (Wildman–Crippen MR) is 150 cm³/mol. The van der Waals surface area contributed by atoms with Gasteiger partial charge in [0.05, 0.1) is 17.7 Å². The molecule has 2 aromatic rings. The first-order chi connectivity index (χ1) is 18.6. The molecule has 5 heteroatoms. The van der Waals surface area contributed by atoms with Gasteiger partial charge in [0.2, 0.25) is 0 Å². The van der Waals surface area contributed by atoms with Crippen LogP contribution in [0.3, 0.4) is 0 Å². The molecule has 0 bridgehead atoms. The number of nitriles is 1. The topological polar surface area (TPSA) is 59.3 Å². The van der Waals surface area contributed by atoms with Crippen molar-refractivity contribution in [2.45, 2.75) is 103 Å². The molecule has 4 nitrogen and oxygen atoms in total. The van der Waals surface area contributed by atoms with Gasteiger partial charge in [0.15, 0.2) is 0 Å². The quantitative estimate of drug-likeness (QED) is 0.125. The number of carbonyl (C=O) groups excluding carboxylic acids is 1. The Hall–Kier alpha value is -2.87. The van der Waals surface area contributed by atoms with E-state index in [0.717, 1.165) is 30.1 Å². The van der Waals surface area contributed by atoms with Crippen LogP contribution in [0.2, 0.25) is 0 Å². The lowest BCUT2D eigenvalue weighted by Gasteiger charge is -2.32. The number of hydrogen-bond acceptors (Lipinski definition) is 4. The summed E-state index contributed by atoms with van der Waals surface area (Å²) in [6.45, 7) is 2.95. The molecular formula is C33H44FNO3. The van der Waals surface area contributed by atoms with E-state index in [9.17, 15) is 9.18 Å². The molecule has 1 aliphatic rings. The van der Waals surface area contributed by atoms with E-state index in [2.05, 4.69) is 6.92 Å². The minimum Gasteiger partial charge on any atom is -0.494 e. The van der Waals surface area contributed by atoms with Crippen molar-refractivity contribution in [3.63, 3.8) is 0 Å². The molecule has 1 fully saturated rings. The van der Waals surface area contributed by atoms with Gasteiger partial charge in [0, 0.05) is 6.07 Å². The summed E-state index contributed by atoms with van der Waals surface area (Å²) in [6, 6.07) is 12.3. The van der Waals surface area contributed by atoms with Gasteiger partial charge < -0.3 is 9.47 Å². The zero-order chi connectivity index (χ0) is 27.0. The molecular weight excluding hydrogens is 477 g/mol. The minimum absolute atomic E-state index is 0.0650. The van der Waals surface area contributed by atoms with E-state index in [1.54, 1.807) is 30.3 Å². The Morgan fingerprint density at radius 1 is 0.868 bits per heavy atom. The SMILES string of the molecule is CCCCCCCCCCC1CCCCC1CCCOc1ccc(C(=O)Oc2ccc(C#N)c(F)c2)cc1. The number of benzene rings is 2. The number of unbranched alkanes of at least 4 members (excludes halogenated alkanes) is 7. The van der Waals surface area contributed by atoms with Crippen LogP contribution in [0, 0.1) is 29.0 Å². The van der Waals surface area contributed by atoms with Crippen LogP contribution in [0.25, 0.3) is 0 Å². The summed E-state index contributed by atoms with van der Waals surface area (Å²) in [7, 11) is 0. The second-order valence-corrected chi connectivity index (χ2v) is 10.7. The third-order valence-corrected chi connectivity index (χ3v) is 7.84. The standard InChI is InChI=1S/C33H44FNO3/c1-2-3-4-5-6-7-8-9-13-26-14-10-11-15-27(26)16-12-23-37-30-20-17-28(18-21-30)33(36)38-31-22-19-29(25-35)32(34)24-31/h17-22,24,26-27H,2-16,23H2,1H3. The van der Waals surface area contributed by atoms with Crippen LogP contribution in [0.5, 0.6) is 11.5 Å². The lowest BCUT2D eigenvalue weighted by Crippen LogP contribution is -2.20. The first kappa shape index (κ1) is 29.7. The molecule has 2 atom stereocenters. The summed E-state index contributed by atoms with van der Waals surface area (Å²) in [5.41, 5.74) is 0.266. The van der Waals surface area contributed by atoms with Crippen LogP contribution < -0.4 is 9.47 Å². The Morgan fingerprint density at radius 2 is 1.47 bits per heavy atom. The van der Waals surface area contributed by atoms with Crippen molar-refractivity contribution in [2.24, 2.45) is 11.8 Å². The second-order valence-electron chi connectivity index (χ2n) is 10.7. The molecule has 2 unspecified atom stereocenters. The number of hydrogen-bond donors (Lipinski definition) is 0. The molecule has 0 aromatic heterocycles. The average molecular weight is 522 g/mol. The van der Waals surface area contributed by atoms with Gasteiger partial charge in [-0.15, -0.1) is 0 Å². The van der Waals surface area contributed by atoms with Crippen molar-refractivity contribution in [2.75, 3.05) is 6.61 Å². The van der Waals surface area contributed by atoms with Gasteiger partial charge in [0.25, 0.3) is 0 Å². The van der Waals surface area contributed by atoms with Crippen LogP contribution in [-0.4, -0.2) is 12.6 Å². The molecule has 0 radical (unpaired) electrons. The lowest BCUT2D eigenvalue weighted by atomic mass is 9.74. The van der Waals surface area contributed by atoms with Crippen molar-refractivity contribution < 1.29 is 18.7 Å². The van der Waals surface area contributed by atoms with Gasteiger partial charge in [-0.2, -0.15) is 5.26 Å². The van der Waals surface area contributed by atoms with Crippen molar-refractivity contribution in [3.05, 3.63) is 59.4 Å². The summed E-state index contributed by atoms with van der Waals surface area (Å²) >= 11 is 0. The van der Waals surface area contributed by atoms with Gasteiger partial charge >= 0.3 is 5.97 Å². The molecule has 0 saturated heterocycles. The molecule has 38 heavy (non-hydrogen) atoms. The summed E-state index contributed by atoms with van der Waals surface area (Å²) < 4.78 is 24.9. The van der Waals surface area contributed by atoms with Gasteiger partial charge in [-0.05, 0) is 61.1 Å². The molecule has 0 amide bonds. The normalized spacial score (nSPS) is 17.1. The molecule has 0 aliphatic heterocycles.